The van der Waals surface area contributed by atoms with Crippen molar-refractivity contribution in [2.24, 2.45) is 11.3 Å². The molecule has 1 rings (SSSR count). The minimum atomic E-state index is -0.730. The molecule has 0 unspecified atom stereocenters. The van der Waals surface area contributed by atoms with Gasteiger partial charge in [-0.05, 0) is 13.8 Å². The lowest BCUT2D eigenvalue weighted by molar-refractivity contribution is -0.143. The van der Waals surface area contributed by atoms with Gasteiger partial charge in [-0.1, -0.05) is 37.1 Å². The van der Waals surface area contributed by atoms with Crippen LogP contribution in [0.25, 0.3) is 0 Å². The average molecular weight is 180 g/mol. The first-order valence-electron chi connectivity index (χ1n) is 4.45. The fourth-order valence-electron chi connectivity index (χ4n) is 1.87. The number of aliphatic carboxylic acids is 1. The summed E-state index contributed by atoms with van der Waals surface area (Å²) < 4.78 is 0. The summed E-state index contributed by atoms with van der Waals surface area (Å²) in [6.07, 6.45) is 3.91. The quantitative estimate of drug-likeness (QED) is 0.673. The summed E-state index contributed by atoms with van der Waals surface area (Å²) in [4.78, 5) is 11.1. The summed E-state index contributed by atoms with van der Waals surface area (Å²) in [7, 11) is 0. The van der Waals surface area contributed by atoms with Crippen LogP contribution < -0.4 is 0 Å². The van der Waals surface area contributed by atoms with Gasteiger partial charge in [-0.2, -0.15) is 0 Å². The molecule has 0 aromatic carbocycles. The Morgan fingerprint density at radius 3 is 2.31 bits per heavy atom. The SMILES string of the molecule is CC1=CC=C(C)C(C)(C)[C@@H]1C(=O)O. The monoisotopic (exact) mass is 180 g/mol. The summed E-state index contributed by atoms with van der Waals surface area (Å²) in [5.41, 5.74) is 1.80. The standard InChI is InChI=1S/C11H16O2/c1-7-5-6-8(2)11(3,4)9(7)10(12)13/h5-6,9H,1-4H3,(H,12,13)/t9-/m0/s1. The zero-order valence-corrected chi connectivity index (χ0v) is 8.59. The van der Waals surface area contributed by atoms with Gasteiger partial charge in [0.15, 0.2) is 0 Å². The Kier molecular flexibility index (Phi) is 2.33. The molecule has 72 valence electrons. The summed E-state index contributed by atoms with van der Waals surface area (Å²) in [5.74, 6) is -1.11. The van der Waals surface area contributed by atoms with E-state index in [0.717, 1.165) is 11.1 Å². The normalized spacial score (nSPS) is 26.3. The van der Waals surface area contributed by atoms with E-state index in [1.165, 1.54) is 0 Å². The Morgan fingerprint density at radius 2 is 1.92 bits per heavy atom. The van der Waals surface area contributed by atoms with Gasteiger partial charge in [0.1, 0.15) is 0 Å². The van der Waals surface area contributed by atoms with Gasteiger partial charge in [-0.15, -0.1) is 0 Å². The van der Waals surface area contributed by atoms with Gasteiger partial charge in [-0.3, -0.25) is 4.79 Å². The van der Waals surface area contributed by atoms with Crippen LogP contribution in [0, 0.1) is 11.3 Å². The molecule has 0 heterocycles. The third-order valence-electron chi connectivity index (χ3n) is 3.04. The lowest BCUT2D eigenvalue weighted by Gasteiger charge is -2.35. The highest BCUT2D eigenvalue weighted by Gasteiger charge is 2.38. The Balaban J connectivity index is 3.15. The van der Waals surface area contributed by atoms with Crippen molar-refractivity contribution in [3.05, 3.63) is 23.3 Å². The summed E-state index contributed by atoms with van der Waals surface area (Å²) in [6, 6.07) is 0. The first-order valence-corrected chi connectivity index (χ1v) is 4.45. The maximum Gasteiger partial charge on any atom is 0.311 e. The number of hydrogen-bond donors (Lipinski definition) is 1. The van der Waals surface area contributed by atoms with Gasteiger partial charge in [-0.25, -0.2) is 0 Å². The van der Waals surface area contributed by atoms with Gasteiger partial charge in [0.25, 0.3) is 0 Å². The Labute approximate surface area is 79.0 Å². The molecule has 0 fully saturated rings. The maximum absolute atomic E-state index is 11.1. The summed E-state index contributed by atoms with van der Waals surface area (Å²) in [6.45, 7) is 7.82. The largest absolute Gasteiger partial charge is 0.481 e. The second kappa shape index (κ2) is 3.02. The third-order valence-corrected chi connectivity index (χ3v) is 3.04. The molecule has 0 aromatic heterocycles. The molecule has 0 amide bonds. The predicted molar refractivity (Wildman–Crippen MR) is 52.4 cm³/mol. The lowest BCUT2D eigenvalue weighted by atomic mass is 9.68. The molecule has 2 heteroatoms. The summed E-state index contributed by atoms with van der Waals surface area (Å²) >= 11 is 0. The van der Waals surface area contributed by atoms with E-state index in [0.29, 0.717) is 0 Å². The van der Waals surface area contributed by atoms with Crippen LogP contribution >= 0.6 is 0 Å². The predicted octanol–water partition coefficient (Wildman–Crippen LogP) is 2.62. The molecule has 0 spiro atoms. The van der Waals surface area contributed by atoms with Gasteiger partial charge < -0.3 is 5.11 Å². The van der Waals surface area contributed by atoms with E-state index in [9.17, 15) is 4.79 Å². The first kappa shape index (κ1) is 10.0. The number of hydrogen-bond acceptors (Lipinski definition) is 1. The minimum Gasteiger partial charge on any atom is -0.481 e. The average Bonchev–Trinajstić information content (AvgIpc) is 1.96. The zero-order chi connectivity index (χ0) is 10.2. The third kappa shape index (κ3) is 1.53. The van der Waals surface area contributed by atoms with Crippen molar-refractivity contribution in [1.29, 1.82) is 0 Å². The van der Waals surface area contributed by atoms with E-state index < -0.39 is 5.97 Å². The first-order chi connectivity index (χ1) is 5.87. The van der Waals surface area contributed by atoms with Crippen molar-refractivity contribution in [3.8, 4) is 0 Å². The van der Waals surface area contributed by atoms with Crippen LogP contribution in [0.5, 0.6) is 0 Å². The van der Waals surface area contributed by atoms with E-state index >= 15 is 0 Å². The molecule has 1 N–H and O–H groups in total. The molecule has 1 aliphatic carbocycles. The molecule has 0 bridgehead atoms. The molecule has 0 radical (unpaired) electrons. The minimum absolute atomic E-state index is 0.259. The molecule has 13 heavy (non-hydrogen) atoms. The fraction of sp³-hybridized carbons (Fsp3) is 0.545. The Morgan fingerprint density at radius 1 is 1.38 bits per heavy atom. The van der Waals surface area contributed by atoms with E-state index in [1.54, 1.807) is 0 Å². The molecule has 0 saturated carbocycles. The number of carbonyl (C=O) groups is 1. The topological polar surface area (TPSA) is 37.3 Å². The smallest absolute Gasteiger partial charge is 0.311 e. The van der Waals surface area contributed by atoms with E-state index in [4.69, 9.17) is 5.11 Å². The highest BCUT2D eigenvalue weighted by molar-refractivity contribution is 5.76. The fourth-order valence-corrected chi connectivity index (χ4v) is 1.87. The maximum atomic E-state index is 11.1. The second-order valence-corrected chi connectivity index (χ2v) is 4.25. The molecule has 1 aliphatic rings. The van der Waals surface area contributed by atoms with Crippen molar-refractivity contribution >= 4 is 5.97 Å². The van der Waals surface area contributed by atoms with Crippen molar-refractivity contribution < 1.29 is 9.90 Å². The highest BCUT2D eigenvalue weighted by atomic mass is 16.4. The summed E-state index contributed by atoms with van der Waals surface area (Å²) in [5, 5.41) is 9.09. The van der Waals surface area contributed by atoms with Gasteiger partial charge in [0.2, 0.25) is 0 Å². The van der Waals surface area contributed by atoms with Crippen LogP contribution in [-0.4, -0.2) is 11.1 Å². The van der Waals surface area contributed by atoms with Crippen molar-refractivity contribution in [2.45, 2.75) is 27.7 Å². The molecular formula is C11H16O2. The van der Waals surface area contributed by atoms with Crippen molar-refractivity contribution in [2.75, 3.05) is 0 Å². The zero-order valence-electron chi connectivity index (χ0n) is 8.59. The highest BCUT2D eigenvalue weighted by Crippen LogP contribution is 2.41. The van der Waals surface area contributed by atoms with E-state index in [1.807, 2.05) is 39.8 Å². The molecule has 2 nitrogen and oxygen atoms in total. The van der Waals surface area contributed by atoms with Crippen LogP contribution in [-0.2, 0) is 4.79 Å². The van der Waals surface area contributed by atoms with Crippen LogP contribution in [0.1, 0.15) is 27.7 Å². The second-order valence-electron chi connectivity index (χ2n) is 4.25. The molecule has 0 saturated heterocycles. The van der Waals surface area contributed by atoms with Crippen LogP contribution in [0.2, 0.25) is 0 Å². The van der Waals surface area contributed by atoms with Crippen molar-refractivity contribution in [3.63, 3.8) is 0 Å². The number of carboxylic acid groups (broad SMARTS) is 1. The molecule has 0 aliphatic heterocycles. The van der Waals surface area contributed by atoms with Crippen LogP contribution in [0.15, 0.2) is 23.3 Å². The number of allylic oxidation sites excluding steroid dienone is 3. The van der Waals surface area contributed by atoms with E-state index in [-0.39, 0.29) is 11.3 Å². The van der Waals surface area contributed by atoms with Gasteiger partial charge in [0.05, 0.1) is 5.92 Å². The van der Waals surface area contributed by atoms with Crippen LogP contribution in [0.3, 0.4) is 0 Å². The number of carboxylic acids is 1. The Hall–Kier alpha value is -1.05. The Bertz CT molecular complexity index is 295. The lowest BCUT2D eigenvalue weighted by Crippen LogP contribution is -2.34. The van der Waals surface area contributed by atoms with Crippen LogP contribution in [0.4, 0.5) is 0 Å². The van der Waals surface area contributed by atoms with Gasteiger partial charge >= 0.3 is 5.97 Å². The van der Waals surface area contributed by atoms with E-state index in [2.05, 4.69) is 0 Å². The molecule has 0 aromatic rings. The van der Waals surface area contributed by atoms with Gasteiger partial charge in [0, 0.05) is 5.41 Å². The molecular weight excluding hydrogens is 164 g/mol. The van der Waals surface area contributed by atoms with Crippen molar-refractivity contribution in [1.82, 2.24) is 0 Å². The number of rotatable bonds is 1. The molecule has 1 atom stereocenters.